The van der Waals surface area contributed by atoms with Crippen LogP contribution < -0.4 is 14.8 Å². The largest absolute Gasteiger partial charge is 0.493 e. The Kier molecular flexibility index (Phi) is 6.37. The van der Waals surface area contributed by atoms with E-state index in [0.29, 0.717) is 40.1 Å². The van der Waals surface area contributed by atoms with Crippen LogP contribution in [0.15, 0.2) is 42.5 Å². The summed E-state index contributed by atoms with van der Waals surface area (Å²) < 4.78 is 10.6. The summed E-state index contributed by atoms with van der Waals surface area (Å²) in [4.78, 5) is 28.6. The molecule has 164 valence electrons. The third-order valence-corrected chi connectivity index (χ3v) is 6.58. The van der Waals surface area contributed by atoms with Crippen LogP contribution >= 0.6 is 11.6 Å². The molecule has 2 aromatic carbocycles. The molecule has 3 atom stereocenters. The van der Waals surface area contributed by atoms with Gasteiger partial charge in [0.05, 0.1) is 14.2 Å². The Bertz CT molecular complexity index is 980. The molecule has 0 bridgehead atoms. The summed E-state index contributed by atoms with van der Waals surface area (Å²) >= 11 is 6.12. The van der Waals surface area contributed by atoms with Crippen LogP contribution in [0, 0.1) is 5.92 Å². The lowest BCUT2D eigenvalue weighted by Crippen LogP contribution is -2.47. The number of fused-ring (bicyclic) bond motifs is 1. The number of carbonyl (C=O) groups excluding carboxylic acids is 2. The van der Waals surface area contributed by atoms with Crippen molar-refractivity contribution in [3.05, 3.63) is 53.1 Å². The number of rotatable bonds is 5. The molecule has 0 aromatic heterocycles. The molecule has 2 amide bonds. The molecule has 4 rings (SSSR count). The minimum absolute atomic E-state index is 0.0846. The van der Waals surface area contributed by atoms with Gasteiger partial charge in [-0.15, -0.1) is 0 Å². The third-order valence-electron chi connectivity index (χ3n) is 6.35. The van der Waals surface area contributed by atoms with E-state index in [1.165, 1.54) is 0 Å². The minimum atomic E-state index is -0.521. The van der Waals surface area contributed by atoms with Gasteiger partial charge in [0, 0.05) is 28.4 Å². The second-order valence-corrected chi connectivity index (χ2v) is 8.58. The number of nitrogens with one attached hydrogen (secondary N) is 1. The lowest BCUT2D eigenvalue weighted by molar-refractivity contribution is -0.120. The number of nitrogens with zero attached hydrogens (tertiary/aromatic N) is 1. The molecule has 1 saturated heterocycles. The molecule has 1 aliphatic heterocycles. The fourth-order valence-electron chi connectivity index (χ4n) is 4.90. The van der Waals surface area contributed by atoms with Gasteiger partial charge in [0.2, 0.25) is 5.91 Å². The first-order valence-corrected chi connectivity index (χ1v) is 11.0. The van der Waals surface area contributed by atoms with Gasteiger partial charge in [-0.05, 0) is 55.5 Å². The molecule has 2 aromatic rings. The Balaban J connectivity index is 1.60. The first kappa shape index (κ1) is 21.5. The number of hydrogen-bond acceptors (Lipinski definition) is 4. The molecule has 2 fully saturated rings. The van der Waals surface area contributed by atoms with Crippen molar-refractivity contribution in [1.82, 2.24) is 4.90 Å². The lowest BCUT2D eigenvalue weighted by Gasteiger charge is -2.33. The summed E-state index contributed by atoms with van der Waals surface area (Å²) in [5, 5.41) is 3.48. The van der Waals surface area contributed by atoms with Gasteiger partial charge in [-0.25, -0.2) is 0 Å². The van der Waals surface area contributed by atoms with Gasteiger partial charge in [0.15, 0.2) is 11.5 Å². The zero-order valence-corrected chi connectivity index (χ0v) is 18.5. The summed E-state index contributed by atoms with van der Waals surface area (Å²) in [5.74, 6) is 1.15. The molecule has 1 heterocycles. The summed E-state index contributed by atoms with van der Waals surface area (Å²) in [6, 6.07) is 11.7. The minimum Gasteiger partial charge on any atom is -0.493 e. The lowest BCUT2D eigenvalue weighted by atomic mass is 9.84. The van der Waals surface area contributed by atoms with E-state index in [1.54, 1.807) is 61.6 Å². The van der Waals surface area contributed by atoms with E-state index in [1.807, 2.05) is 0 Å². The predicted octanol–water partition coefficient (Wildman–Crippen LogP) is 4.77. The molecule has 1 aliphatic carbocycles. The van der Waals surface area contributed by atoms with Crippen LogP contribution in [0.3, 0.4) is 0 Å². The molecule has 3 unspecified atom stereocenters. The molecule has 1 saturated carbocycles. The number of benzene rings is 2. The molecular weight excluding hydrogens is 416 g/mol. The van der Waals surface area contributed by atoms with E-state index in [-0.39, 0.29) is 17.9 Å². The maximum atomic E-state index is 13.5. The number of ether oxygens (including phenoxy) is 2. The highest BCUT2D eigenvalue weighted by Crippen LogP contribution is 2.41. The summed E-state index contributed by atoms with van der Waals surface area (Å²) in [6.45, 7) is 0. The molecule has 2 aliphatic rings. The number of anilines is 1. The summed E-state index contributed by atoms with van der Waals surface area (Å²) in [7, 11) is 3.12. The average Bonchev–Trinajstić information content (AvgIpc) is 3.18. The van der Waals surface area contributed by atoms with Crippen molar-refractivity contribution in [2.45, 2.75) is 44.2 Å². The molecule has 6 nitrogen and oxygen atoms in total. The van der Waals surface area contributed by atoms with Crippen molar-refractivity contribution in [3.63, 3.8) is 0 Å². The Hall–Kier alpha value is -2.73. The van der Waals surface area contributed by atoms with Crippen LogP contribution in [-0.2, 0) is 4.79 Å². The molecule has 7 heteroatoms. The molecule has 0 radical (unpaired) electrons. The summed E-state index contributed by atoms with van der Waals surface area (Å²) in [6.07, 6.45) is 4.87. The number of hydrogen-bond donors (Lipinski definition) is 1. The second kappa shape index (κ2) is 9.18. The smallest absolute Gasteiger partial charge is 0.254 e. The number of methoxy groups -OCH3 is 2. The zero-order valence-electron chi connectivity index (χ0n) is 17.8. The Morgan fingerprint density at radius 2 is 1.81 bits per heavy atom. The van der Waals surface area contributed by atoms with Gasteiger partial charge in [-0.3, -0.25) is 9.59 Å². The van der Waals surface area contributed by atoms with E-state index in [4.69, 9.17) is 21.1 Å². The molecular formula is C24H27ClN2O4. The summed E-state index contributed by atoms with van der Waals surface area (Å²) in [5.41, 5.74) is 1.12. The Morgan fingerprint density at radius 1 is 1.03 bits per heavy atom. The van der Waals surface area contributed by atoms with Crippen molar-refractivity contribution in [3.8, 4) is 11.5 Å². The monoisotopic (exact) mass is 442 g/mol. The van der Waals surface area contributed by atoms with Gasteiger partial charge in [-0.1, -0.05) is 30.5 Å². The normalized spacial score (nSPS) is 22.5. The van der Waals surface area contributed by atoms with Crippen molar-refractivity contribution in [2.75, 3.05) is 19.5 Å². The van der Waals surface area contributed by atoms with Gasteiger partial charge in [-0.2, -0.15) is 0 Å². The molecule has 31 heavy (non-hydrogen) atoms. The fraction of sp³-hybridized carbons (Fsp3) is 0.417. The second-order valence-electron chi connectivity index (χ2n) is 8.15. The molecule has 0 spiro atoms. The van der Waals surface area contributed by atoms with E-state index in [0.717, 1.165) is 25.7 Å². The number of amides is 2. The van der Waals surface area contributed by atoms with Crippen molar-refractivity contribution in [2.24, 2.45) is 5.92 Å². The maximum absolute atomic E-state index is 13.5. The van der Waals surface area contributed by atoms with Crippen LogP contribution in [0.1, 0.15) is 42.5 Å². The van der Waals surface area contributed by atoms with Crippen molar-refractivity contribution >= 4 is 29.1 Å². The van der Waals surface area contributed by atoms with Gasteiger partial charge in [0.25, 0.3) is 5.91 Å². The van der Waals surface area contributed by atoms with Gasteiger partial charge >= 0.3 is 0 Å². The van der Waals surface area contributed by atoms with Crippen LogP contribution in [0.4, 0.5) is 5.69 Å². The number of carbonyl (C=O) groups is 2. The Morgan fingerprint density at radius 3 is 2.55 bits per heavy atom. The highest BCUT2D eigenvalue weighted by molar-refractivity contribution is 6.31. The highest BCUT2D eigenvalue weighted by Gasteiger charge is 2.47. The fourth-order valence-corrected chi connectivity index (χ4v) is 5.09. The average molecular weight is 443 g/mol. The first-order valence-electron chi connectivity index (χ1n) is 10.6. The third kappa shape index (κ3) is 4.35. The maximum Gasteiger partial charge on any atom is 0.254 e. The van der Waals surface area contributed by atoms with Gasteiger partial charge < -0.3 is 19.7 Å². The zero-order chi connectivity index (χ0) is 22.0. The van der Waals surface area contributed by atoms with E-state index >= 15 is 0 Å². The Labute approximate surface area is 187 Å². The van der Waals surface area contributed by atoms with Crippen molar-refractivity contribution < 1.29 is 19.1 Å². The predicted molar refractivity (Wildman–Crippen MR) is 120 cm³/mol. The number of likely N-dealkylation sites (tertiary alicyclic amines) is 1. The topological polar surface area (TPSA) is 67.9 Å². The van der Waals surface area contributed by atoms with Crippen molar-refractivity contribution in [1.29, 1.82) is 0 Å². The van der Waals surface area contributed by atoms with Crippen LogP contribution in [0.2, 0.25) is 5.02 Å². The highest BCUT2D eigenvalue weighted by atomic mass is 35.5. The van der Waals surface area contributed by atoms with Crippen LogP contribution in [0.25, 0.3) is 0 Å². The SMILES string of the molecule is COc1ccc(NC(=O)C2CC3CCCCC3N2C(=O)c2cccc(Cl)c2)cc1OC. The number of halogens is 1. The van der Waals surface area contributed by atoms with Crippen LogP contribution in [-0.4, -0.2) is 43.0 Å². The quantitative estimate of drug-likeness (QED) is 0.724. The van der Waals surface area contributed by atoms with Gasteiger partial charge in [0.1, 0.15) is 6.04 Å². The first-order chi connectivity index (χ1) is 15.0. The molecule has 1 N–H and O–H groups in total. The van der Waals surface area contributed by atoms with E-state index < -0.39 is 6.04 Å². The van der Waals surface area contributed by atoms with Crippen LogP contribution in [0.5, 0.6) is 11.5 Å². The van der Waals surface area contributed by atoms with E-state index in [9.17, 15) is 9.59 Å². The van der Waals surface area contributed by atoms with E-state index in [2.05, 4.69) is 5.32 Å². The standard InChI is InChI=1S/C24H27ClN2O4/c1-30-21-11-10-18(14-22(21)31-2)26-23(28)20-13-15-6-3-4-9-19(15)27(20)24(29)16-7-5-8-17(25)12-16/h5,7-8,10-12,14-15,19-20H,3-4,6,9,13H2,1-2H3,(H,26,28).